The number of hydrogen-bond donors (Lipinski definition) is 0. The van der Waals surface area contributed by atoms with E-state index < -0.39 is 0 Å². The van der Waals surface area contributed by atoms with E-state index in [1.807, 2.05) is 30.3 Å². The first kappa shape index (κ1) is 14.8. The van der Waals surface area contributed by atoms with Crippen molar-refractivity contribution in [2.24, 2.45) is 0 Å². The highest BCUT2D eigenvalue weighted by Crippen LogP contribution is 2.36. The molecule has 1 heterocycles. The van der Waals surface area contributed by atoms with Crippen molar-refractivity contribution in [3.8, 4) is 0 Å². The minimum absolute atomic E-state index is 0.00594. The van der Waals surface area contributed by atoms with Gasteiger partial charge < -0.3 is 0 Å². The number of hydrogen-bond acceptors (Lipinski definition) is 2. The average Bonchev–Trinajstić information content (AvgIpc) is 2.71. The molecule has 1 aromatic heterocycles. The predicted octanol–water partition coefficient (Wildman–Crippen LogP) is 5.88. The highest BCUT2D eigenvalue weighted by Gasteiger charge is 2.13. The Morgan fingerprint density at radius 2 is 1.46 bits per heavy atom. The molecule has 5 aromatic rings. The molecule has 4 aromatic carbocycles. The maximum absolute atomic E-state index is 12.8. The van der Waals surface area contributed by atoms with E-state index in [2.05, 4.69) is 47.4 Å². The highest BCUT2D eigenvalue weighted by molar-refractivity contribution is 6.27. The fourth-order valence-corrected chi connectivity index (χ4v) is 3.68. The Morgan fingerprint density at radius 1 is 0.731 bits per heavy atom. The summed E-state index contributed by atoms with van der Waals surface area (Å²) in [6, 6.07) is 24.4. The molecule has 0 fully saturated rings. The van der Waals surface area contributed by atoms with Gasteiger partial charge in [0.15, 0.2) is 5.78 Å². The zero-order valence-corrected chi connectivity index (χ0v) is 14.0. The largest absolute Gasteiger partial charge is 0.289 e. The van der Waals surface area contributed by atoms with Crippen LogP contribution in [0.2, 0.25) is 0 Å². The Bertz CT molecular complexity index is 1270. The predicted molar refractivity (Wildman–Crippen MR) is 108 cm³/mol. The van der Waals surface area contributed by atoms with Gasteiger partial charge in [-0.3, -0.25) is 9.78 Å². The molecule has 0 aliphatic rings. The van der Waals surface area contributed by atoms with Crippen LogP contribution in [-0.4, -0.2) is 10.8 Å². The van der Waals surface area contributed by atoms with Crippen LogP contribution in [0.3, 0.4) is 0 Å². The maximum atomic E-state index is 12.8. The average molecular weight is 333 g/mol. The number of aromatic nitrogens is 1. The third kappa shape index (κ3) is 2.27. The quantitative estimate of drug-likeness (QED) is 0.235. The molecular weight excluding hydrogens is 318 g/mol. The number of ketones is 1. The molecule has 0 amide bonds. The lowest BCUT2D eigenvalue weighted by Gasteiger charge is -2.12. The molecule has 5 rings (SSSR count). The summed E-state index contributed by atoms with van der Waals surface area (Å²) in [5.41, 5.74) is 1.50. The molecule has 0 unspecified atom stereocenters. The van der Waals surface area contributed by atoms with E-state index in [4.69, 9.17) is 0 Å². The van der Waals surface area contributed by atoms with Gasteiger partial charge in [0.05, 0.1) is 5.69 Å². The monoisotopic (exact) mass is 333 g/mol. The highest BCUT2D eigenvalue weighted by atomic mass is 16.1. The fourth-order valence-electron chi connectivity index (χ4n) is 3.68. The molecule has 2 heteroatoms. The SMILES string of the molecule is O=C(/C=C/c1ccccn1)c1ccc2ccc3cccc4ccc1c2c34. The number of carbonyl (C=O) groups is 1. The molecule has 0 saturated carbocycles. The topological polar surface area (TPSA) is 30.0 Å². The number of benzene rings is 4. The molecule has 122 valence electrons. The molecule has 2 nitrogen and oxygen atoms in total. The molecule has 0 radical (unpaired) electrons. The standard InChI is InChI=1S/C24H15NO/c26-22(14-11-19-6-1-2-15-25-19)20-12-9-18-8-7-16-4-3-5-17-10-13-21(20)24(18)23(16)17/h1-15H/b14-11+. The van der Waals surface area contributed by atoms with Gasteiger partial charge in [-0.15, -0.1) is 0 Å². The molecule has 0 aliphatic heterocycles. The Balaban J connectivity index is 1.71. The number of carbonyl (C=O) groups excluding carboxylic acids is 1. The Labute approximate surface area is 150 Å². The van der Waals surface area contributed by atoms with Crippen LogP contribution in [0.15, 0.2) is 85.1 Å². The van der Waals surface area contributed by atoms with Crippen LogP contribution in [0.25, 0.3) is 38.4 Å². The first-order valence-corrected chi connectivity index (χ1v) is 8.61. The van der Waals surface area contributed by atoms with Gasteiger partial charge in [0, 0.05) is 11.8 Å². The zero-order chi connectivity index (χ0) is 17.5. The summed E-state index contributed by atoms with van der Waals surface area (Å²) >= 11 is 0. The second-order valence-corrected chi connectivity index (χ2v) is 6.42. The summed E-state index contributed by atoms with van der Waals surface area (Å²) in [5, 5.41) is 6.96. The summed E-state index contributed by atoms with van der Waals surface area (Å²) in [7, 11) is 0. The van der Waals surface area contributed by atoms with Crippen molar-refractivity contribution in [1.29, 1.82) is 0 Å². The molecule has 0 aliphatic carbocycles. The van der Waals surface area contributed by atoms with Crippen molar-refractivity contribution in [3.05, 3.63) is 96.3 Å². The second-order valence-electron chi connectivity index (χ2n) is 6.42. The van der Waals surface area contributed by atoms with Crippen molar-refractivity contribution < 1.29 is 4.79 Å². The summed E-state index contributed by atoms with van der Waals surface area (Å²) in [6.07, 6.45) is 5.09. The van der Waals surface area contributed by atoms with Gasteiger partial charge >= 0.3 is 0 Å². The van der Waals surface area contributed by atoms with Crippen LogP contribution >= 0.6 is 0 Å². The van der Waals surface area contributed by atoms with Gasteiger partial charge in [-0.1, -0.05) is 54.6 Å². The second kappa shape index (κ2) is 5.78. The minimum atomic E-state index is -0.00594. The van der Waals surface area contributed by atoms with Gasteiger partial charge in [-0.2, -0.15) is 0 Å². The molecular formula is C24H15NO. The van der Waals surface area contributed by atoms with Gasteiger partial charge in [0.1, 0.15) is 0 Å². The fraction of sp³-hybridized carbons (Fsp3) is 0. The zero-order valence-electron chi connectivity index (χ0n) is 14.0. The van der Waals surface area contributed by atoms with E-state index in [0.717, 1.165) is 27.4 Å². The lowest BCUT2D eigenvalue weighted by molar-refractivity contribution is 0.104. The van der Waals surface area contributed by atoms with Gasteiger partial charge in [-0.05, 0) is 62.7 Å². The summed E-state index contributed by atoms with van der Waals surface area (Å²) in [4.78, 5) is 17.1. The lowest BCUT2D eigenvalue weighted by atomic mass is 9.91. The Morgan fingerprint density at radius 3 is 2.23 bits per heavy atom. The molecule has 0 atom stereocenters. The van der Waals surface area contributed by atoms with Crippen molar-refractivity contribution >= 4 is 44.2 Å². The normalized spacial score (nSPS) is 11.8. The molecule has 0 saturated heterocycles. The Kier molecular flexibility index (Phi) is 3.29. The summed E-state index contributed by atoms with van der Waals surface area (Å²) < 4.78 is 0. The number of nitrogens with zero attached hydrogens (tertiary/aromatic N) is 1. The van der Waals surface area contributed by atoms with Crippen LogP contribution in [0.1, 0.15) is 16.1 Å². The van der Waals surface area contributed by atoms with Gasteiger partial charge in [0.25, 0.3) is 0 Å². The first-order chi connectivity index (χ1) is 12.8. The van der Waals surface area contributed by atoms with Gasteiger partial charge in [-0.25, -0.2) is 0 Å². The number of rotatable bonds is 3. The lowest BCUT2D eigenvalue weighted by Crippen LogP contribution is -1.97. The van der Waals surface area contributed by atoms with Crippen molar-refractivity contribution in [1.82, 2.24) is 4.98 Å². The van der Waals surface area contributed by atoms with Crippen molar-refractivity contribution in [2.45, 2.75) is 0 Å². The molecule has 0 N–H and O–H groups in total. The van der Waals surface area contributed by atoms with E-state index >= 15 is 0 Å². The smallest absolute Gasteiger partial charge is 0.186 e. The Hall–Kier alpha value is -3.52. The van der Waals surface area contributed by atoms with E-state index in [9.17, 15) is 4.79 Å². The van der Waals surface area contributed by atoms with Crippen LogP contribution in [-0.2, 0) is 0 Å². The van der Waals surface area contributed by atoms with Crippen molar-refractivity contribution in [2.75, 3.05) is 0 Å². The summed E-state index contributed by atoms with van der Waals surface area (Å²) in [6.45, 7) is 0. The van der Waals surface area contributed by atoms with Crippen LogP contribution < -0.4 is 0 Å². The van der Waals surface area contributed by atoms with Gasteiger partial charge in [0.2, 0.25) is 0 Å². The number of pyridine rings is 1. The van der Waals surface area contributed by atoms with E-state index in [-0.39, 0.29) is 5.78 Å². The third-order valence-electron chi connectivity index (χ3n) is 4.89. The van der Waals surface area contributed by atoms with Crippen LogP contribution in [0.5, 0.6) is 0 Å². The maximum Gasteiger partial charge on any atom is 0.186 e. The van der Waals surface area contributed by atoms with Crippen LogP contribution in [0.4, 0.5) is 0 Å². The van der Waals surface area contributed by atoms with Crippen molar-refractivity contribution in [3.63, 3.8) is 0 Å². The molecule has 26 heavy (non-hydrogen) atoms. The first-order valence-electron chi connectivity index (χ1n) is 8.61. The summed E-state index contributed by atoms with van der Waals surface area (Å²) in [5.74, 6) is -0.00594. The molecule has 0 spiro atoms. The molecule has 0 bridgehead atoms. The number of allylic oxidation sites excluding steroid dienone is 1. The van der Waals surface area contributed by atoms with E-state index in [1.54, 1.807) is 18.3 Å². The van der Waals surface area contributed by atoms with E-state index in [1.165, 1.54) is 16.2 Å². The van der Waals surface area contributed by atoms with E-state index in [0.29, 0.717) is 0 Å². The third-order valence-corrected chi connectivity index (χ3v) is 4.89. The van der Waals surface area contributed by atoms with Crippen LogP contribution in [0, 0.1) is 0 Å². The minimum Gasteiger partial charge on any atom is -0.289 e.